The fraction of sp³-hybridized carbons (Fsp3) is 0.545. The maximum absolute atomic E-state index is 4.16. The van der Waals surface area contributed by atoms with Gasteiger partial charge in [-0.25, -0.2) is 0 Å². The molecule has 1 aromatic heterocycles. The summed E-state index contributed by atoms with van der Waals surface area (Å²) in [6, 6.07) is 2.14. The summed E-state index contributed by atoms with van der Waals surface area (Å²) in [5.41, 5.74) is 2.85. The number of nitrogens with zero attached hydrogens (tertiary/aromatic N) is 1. The first-order valence-electron chi connectivity index (χ1n) is 4.64. The van der Waals surface area contributed by atoms with Gasteiger partial charge in [-0.3, -0.25) is 4.98 Å². The zero-order chi connectivity index (χ0) is 9.68. The molecular formula is C11H17NS. The molecule has 2 heteroatoms. The Morgan fingerprint density at radius 1 is 1.38 bits per heavy atom. The summed E-state index contributed by atoms with van der Waals surface area (Å²) in [4.78, 5) is 4.16. The highest BCUT2D eigenvalue weighted by molar-refractivity contribution is 7.97. The zero-order valence-electron chi connectivity index (χ0n) is 8.58. The molecule has 0 spiro atoms. The maximum atomic E-state index is 4.16. The lowest BCUT2D eigenvalue weighted by molar-refractivity contribution is 0.644. The fourth-order valence-corrected chi connectivity index (χ4v) is 1.95. The van der Waals surface area contributed by atoms with Gasteiger partial charge < -0.3 is 0 Å². The molecule has 72 valence electrons. The lowest BCUT2D eigenvalue weighted by Gasteiger charge is -2.09. The van der Waals surface area contributed by atoms with Crippen LogP contribution in [-0.2, 0) is 12.2 Å². The van der Waals surface area contributed by atoms with Crippen molar-refractivity contribution < 1.29 is 0 Å². The van der Waals surface area contributed by atoms with Crippen LogP contribution in [0.4, 0.5) is 0 Å². The van der Waals surface area contributed by atoms with Gasteiger partial charge in [0, 0.05) is 18.1 Å². The zero-order valence-corrected chi connectivity index (χ0v) is 9.40. The molecule has 0 unspecified atom stereocenters. The van der Waals surface area contributed by atoms with E-state index in [0.29, 0.717) is 0 Å². The molecule has 0 aliphatic heterocycles. The van der Waals surface area contributed by atoms with Crippen molar-refractivity contribution in [1.29, 1.82) is 0 Å². The van der Waals surface area contributed by atoms with Gasteiger partial charge in [0.25, 0.3) is 0 Å². The molecule has 0 aliphatic rings. The van der Waals surface area contributed by atoms with Gasteiger partial charge in [-0.1, -0.05) is 13.8 Å². The molecule has 0 fully saturated rings. The number of hydrogen-bond donors (Lipinski definition) is 0. The quantitative estimate of drug-likeness (QED) is 0.732. The van der Waals surface area contributed by atoms with E-state index in [1.807, 2.05) is 24.2 Å². The van der Waals surface area contributed by atoms with Crippen molar-refractivity contribution in [3.05, 3.63) is 29.6 Å². The van der Waals surface area contributed by atoms with E-state index in [1.54, 1.807) is 0 Å². The van der Waals surface area contributed by atoms with Crippen LogP contribution in [0.1, 0.15) is 25.0 Å². The maximum Gasteiger partial charge on any atom is 0.0311 e. The van der Waals surface area contributed by atoms with Crippen LogP contribution < -0.4 is 0 Å². The molecule has 0 saturated carbocycles. The standard InChI is InChI=1S/C11H17NS/c1-9(2)6-10-4-5-12-7-11(10)8-13-3/h4-5,7,9H,6,8H2,1-3H3. The second-order valence-corrected chi connectivity index (χ2v) is 4.54. The molecule has 0 amide bonds. The minimum absolute atomic E-state index is 0.725. The minimum Gasteiger partial charge on any atom is -0.264 e. The summed E-state index contributed by atoms with van der Waals surface area (Å²) in [7, 11) is 0. The number of thioether (sulfide) groups is 1. The van der Waals surface area contributed by atoms with Gasteiger partial charge in [0.1, 0.15) is 0 Å². The summed E-state index contributed by atoms with van der Waals surface area (Å²) in [5.74, 6) is 1.80. The van der Waals surface area contributed by atoms with E-state index in [9.17, 15) is 0 Å². The van der Waals surface area contributed by atoms with E-state index in [4.69, 9.17) is 0 Å². The van der Waals surface area contributed by atoms with Crippen LogP contribution in [0.15, 0.2) is 18.5 Å². The van der Waals surface area contributed by atoms with Gasteiger partial charge >= 0.3 is 0 Å². The van der Waals surface area contributed by atoms with E-state index >= 15 is 0 Å². The van der Waals surface area contributed by atoms with Crippen molar-refractivity contribution in [2.45, 2.75) is 26.0 Å². The van der Waals surface area contributed by atoms with Gasteiger partial charge in [0.2, 0.25) is 0 Å². The molecule has 0 radical (unpaired) electrons. The van der Waals surface area contributed by atoms with Gasteiger partial charge in [-0.05, 0) is 35.8 Å². The summed E-state index contributed by atoms with van der Waals surface area (Å²) in [6.07, 6.45) is 7.18. The van der Waals surface area contributed by atoms with Crippen molar-refractivity contribution in [2.24, 2.45) is 5.92 Å². The first-order chi connectivity index (χ1) is 6.24. The molecule has 0 bridgehead atoms. The molecule has 0 atom stereocenters. The summed E-state index contributed by atoms with van der Waals surface area (Å²) >= 11 is 1.86. The monoisotopic (exact) mass is 195 g/mol. The molecule has 1 heterocycles. The van der Waals surface area contributed by atoms with Gasteiger partial charge in [-0.15, -0.1) is 0 Å². The van der Waals surface area contributed by atoms with Crippen LogP contribution >= 0.6 is 11.8 Å². The molecule has 0 aliphatic carbocycles. The van der Waals surface area contributed by atoms with Crippen molar-refractivity contribution in [3.63, 3.8) is 0 Å². The predicted octanol–water partition coefficient (Wildman–Crippen LogP) is 3.14. The average Bonchev–Trinajstić information content (AvgIpc) is 2.08. The Kier molecular flexibility index (Phi) is 4.29. The molecule has 1 rings (SSSR count). The van der Waals surface area contributed by atoms with Crippen molar-refractivity contribution >= 4 is 11.8 Å². The largest absolute Gasteiger partial charge is 0.264 e. The molecule has 0 N–H and O–H groups in total. The van der Waals surface area contributed by atoms with Gasteiger partial charge in [-0.2, -0.15) is 11.8 Å². The lowest BCUT2D eigenvalue weighted by Crippen LogP contribution is -1.99. The smallest absolute Gasteiger partial charge is 0.0311 e. The van der Waals surface area contributed by atoms with Crippen LogP contribution in [-0.4, -0.2) is 11.2 Å². The second kappa shape index (κ2) is 5.28. The Hall–Kier alpha value is -0.500. The van der Waals surface area contributed by atoms with Gasteiger partial charge in [0.15, 0.2) is 0 Å². The Morgan fingerprint density at radius 2 is 2.15 bits per heavy atom. The Balaban J connectivity index is 2.78. The first-order valence-corrected chi connectivity index (χ1v) is 6.04. The lowest BCUT2D eigenvalue weighted by atomic mass is 10.0. The Labute approximate surface area is 85.0 Å². The summed E-state index contributed by atoms with van der Waals surface area (Å²) < 4.78 is 0. The third-order valence-electron chi connectivity index (χ3n) is 1.93. The van der Waals surface area contributed by atoms with Crippen LogP contribution in [0.25, 0.3) is 0 Å². The minimum atomic E-state index is 0.725. The Bertz CT molecular complexity index is 258. The highest BCUT2D eigenvalue weighted by Gasteiger charge is 2.03. The van der Waals surface area contributed by atoms with E-state index in [2.05, 4.69) is 31.2 Å². The summed E-state index contributed by atoms with van der Waals surface area (Å²) in [5, 5.41) is 0. The van der Waals surface area contributed by atoms with Crippen LogP contribution in [0.3, 0.4) is 0 Å². The van der Waals surface area contributed by atoms with E-state index in [1.165, 1.54) is 17.5 Å². The number of rotatable bonds is 4. The Morgan fingerprint density at radius 3 is 2.77 bits per heavy atom. The average molecular weight is 195 g/mol. The first kappa shape index (κ1) is 10.6. The van der Waals surface area contributed by atoms with E-state index < -0.39 is 0 Å². The van der Waals surface area contributed by atoms with Crippen molar-refractivity contribution in [3.8, 4) is 0 Å². The topological polar surface area (TPSA) is 12.9 Å². The highest BCUT2D eigenvalue weighted by atomic mass is 32.2. The number of hydrogen-bond acceptors (Lipinski definition) is 2. The predicted molar refractivity (Wildman–Crippen MR) is 60.0 cm³/mol. The van der Waals surface area contributed by atoms with Crippen LogP contribution in [0.5, 0.6) is 0 Å². The molecule has 13 heavy (non-hydrogen) atoms. The second-order valence-electron chi connectivity index (χ2n) is 3.68. The molecular weight excluding hydrogens is 178 g/mol. The normalized spacial score (nSPS) is 10.8. The third kappa shape index (κ3) is 3.39. The van der Waals surface area contributed by atoms with Crippen LogP contribution in [0, 0.1) is 5.92 Å². The van der Waals surface area contributed by atoms with Crippen LogP contribution in [0.2, 0.25) is 0 Å². The molecule has 0 aromatic carbocycles. The molecule has 1 nitrogen and oxygen atoms in total. The SMILES string of the molecule is CSCc1cnccc1CC(C)C. The number of aromatic nitrogens is 1. The van der Waals surface area contributed by atoms with Gasteiger partial charge in [0.05, 0.1) is 0 Å². The van der Waals surface area contributed by atoms with E-state index in [0.717, 1.165) is 11.7 Å². The fourth-order valence-electron chi connectivity index (χ4n) is 1.38. The van der Waals surface area contributed by atoms with E-state index in [-0.39, 0.29) is 0 Å². The molecule has 1 aromatic rings. The third-order valence-corrected chi connectivity index (χ3v) is 2.53. The van der Waals surface area contributed by atoms with Crippen molar-refractivity contribution in [2.75, 3.05) is 6.26 Å². The number of pyridine rings is 1. The molecule has 0 saturated heterocycles. The highest BCUT2D eigenvalue weighted by Crippen LogP contribution is 2.16. The summed E-state index contributed by atoms with van der Waals surface area (Å²) in [6.45, 7) is 4.51. The van der Waals surface area contributed by atoms with Crippen molar-refractivity contribution in [1.82, 2.24) is 4.98 Å².